The topological polar surface area (TPSA) is 54.3 Å². The van der Waals surface area contributed by atoms with Gasteiger partial charge in [-0.2, -0.15) is 0 Å². The Labute approximate surface area is 136 Å². The van der Waals surface area contributed by atoms with Gasteiger partial charge in [-0.3, -0.25) is 4.79 Å². The van der Waals surface area contributed by atoms with Crippen LogP contribution >= 0.6 is 0 Å². The number of ether oxygens (including phenoxy) is 1. The minimum atomic E-state index is -0.497. The standard InChI is InChI=1S/C17H23N3O3/c1-13-4-3-5-15(14(13)2)19-8-6-18(7-9-19)12-16(21)20-10-11-23-17(20)22/h3-5H,6-12H2,1-2H3/p+1. The summed E-state index contributed by atoms with van der Waals surface area (Å²) in [5.41, 5.74) is 3.92. The Bertz CT molecular complexity index is 609. The minimum Gasteiger partial charge on any atom is -0.447 e. The van der Waals surface area contributed by atoms with E-state index in [1.54, 1.807) is 0 Å². The third kappa shape index (κ3) is 3.32. The number of carbonyl (C=O) groups is 2. The highest BCUT2D eigenvalue weighted by atomic mass is 16.6. The molecule has 0 atom stereocenters. The SMILES string of the molecule is Cc1cccc(N2CC[NH+](CC(=O)N3CCOC3=O)CC2)c1C. The normalized spacial score (nSPS) is 19.1. The van der Waals surface area contributed by atoms with Crippen LogP contribution < -0.4 is 9.80 Å². The molecule has 1 N–H and O–H groups in total. The van der Waals surface area contributed by atoms with Gasteiger partial charge >= 0.3 is 6.09 Å². The highest BCUT2D eigenvalue weighted by Gasteiger charge is 2.32. The molecule has 1 aromatic rings. The van der Waals surface area contributed by atoms with Crippen molar-refractivity contribution in [2.75, 3.05) is 50.8 Å². The zero-order valence-corrected chi connectivity index (χ0v) is 13.8. The van der Waals surface area contributed by atoms with E-state index >= 15 is 0 Å². The minimum absolute atomic E-state index is 0.123. The summed E-state index contributed by atoms with van der Waals surface area (Å²) >= 11 is 0. The van der Waals surface area contributed by atoms with Gasteiger partial charge in [-0.15, -0.1) is 0 Å². The van der Waals surface area contributed by atoms with Crippen molar-refractivity contribution in [1.82, 2.24) is 4.90 Å². The first-order valence-electron chi connectivity index (χ1n) is 8.18. The smallest absolute Gasteiger partial charge is 0.416 e. The van der Waals surface area contributed by atoms with Gasteiger partial charge in [0.1, 0.15) is 6.61 Å². The molecule has 2 fully saturated rings. The monoisotopic (exact) mass is 318 g/mol. The van der Waals surface area contributed by atoms with Crippen molar-refractivity contribution in [2.24, 2.45) is 0 Å². The van der Waals surface area contributed by atoms with E-state index in [2.05, 4.69) is 36.9 Å². The molecule has 3 rings (SSSR count). The molecule has 2 heterocycles. The largest absolute Gasteiger partial charge is 0.447 e. The highest BCUT2D eigenvalue weighted by molar-refractivity contribution is 5.93. The van der Waals surface area contributed by atoms with Crippen LogP contribution in [0, 0.1) is 13.8 Å². The van der Waals surface area contributed by atoms with Crippen LogP contribution in [0.5, 0.6) is 0 Å². The molecule has 124 valence electrons. The molecule has 0 aliphatic carbocycles. The van der Waals surface area contributed by atoms with Crippen molar-refractivity contribution in [1.29, 1.82) is 0 Å². The molecule has 0 unspecified atom stereocenters. The molecule has 6 nitrogen and oxygen atoms in total. The van der Waals surface area contributed by atoms with Gasteiger partial charge in [-0.25, -0.2) is 9.69 Å². The average Bonchev–Trinajstić information content (AvgIpc) is 2.97. The van der Waals surface area contributed by atoms with Crippen LogP contribution in [0.1, 0.15) is 11.1 Å². The van der Waals surface area contributed by atoms with Crippen LogP contribution in [0.2, 0.25) is 0 Å². The number of piperazine rings is 1. The van der Waals surface area contributed by atoms with E-state index in [-0.39, 0.29) is 5.91 Å². The van der Waals surface area contributed by atoms with E-state index in [1.807, 2.05) is 0 Å². The predicted molar refractivity (Wildman–Crippen MR) is 86.8 cm³/mol. The van der Waals surface area contributed by atoms with Crippen molar-refractivity contribution in [3.63, 3.8) is 0 Å². The van der Waals surface area contributed by atoms with Crippen LogP contribution in [0.15, 0.2) is 18.2 Å². The second kappa shape index (κ2) is 6.58. The molecule has 0 spiro atoms. The number of hydrogen-bond donors (Lipinski definition) is 1. The molecular weight excluding hydrogens is 294 g/mol. The summed E-state index contributed by atoms with van der Waals surface area (Å²) in [6, 6.07) is 6.40. The predicted octanol–water partition coefficient (Wildman–Crippen LogP) is -0.0129. The van der Waals surface area contributed by atoms with Crippen LogP contribution in [0.3, 0.4) is 0 Å². The number of benzene rings is 1. The number of hydrogen-bond acceptors (Lipinski definition) is 4. The number of carbonyl (C=O) groups excluding carboxylic acids is 2. The van der Waals surface area contributed by atoms with Crippen LogP contribution in [0.25, 0.3) is 0 Å². The van der Waals surface area contributed by atoms with Gasteiger partial charge in [0.25, 0.3) is 5.91 Å². The molecule has 0 bridgehead atoms. The lowest BCUT2D eigenvalue weighted by atomic mass is 10.1. The highest BCUT2D eigenvalue weighted by Crippen LogP contribution is 2.22. The Kier molecular flexibility index (Phi) is 4.52. The Morgan fingerprint density at radius 2 is 1.96 bits per heavy atom. The maximum atomic E-state index is 12.2. The molecule has 0 aromatic heterocycles. The maximum Gasteiger partial charge on any atom is 0.416 e. The second-order valence-electron chi connectivity index (χ2n) is 6.29. The first-order valence-corrected chi connectivity index (χ1v) is 8.18. The van der Waals surface area contributed by atoms with Gasteiger partial charge in [0.2, 0.25) is 0 Å². The summed E-state index contributed by atoms with van der Waals surface area (Å²) in [4.78, 5) is 28.4. The second-order valence-corrected chi connectivity index (χ2v) is 6.29. The summed E-state index contributed by atoms with van der Waals surface area (Å²) in [5.74, 6) is -0.123. The third-order valence-electron chi connectivity index (χ3n) is 4.85. The van der Waals surface area contributed by atoms with Crippen LogP contribution in [-0.2, 0) is 9.53 Å². The fraction of sp³-hybridized carbons (Fsp3) is 0.529. The zero-order chi connectivity index (χ0) is 16.4. The molecule has 2 aliphatic rings. The van der Waals surface area contributed by atoms with Gasteiger partial charge in [-0.05, 0) is 31.0 Å². The van der Waals surface area contributed by atoms with Gasteiger partial charge in [0, 0.05) is 5.69 Å². The maximum absolute atomic E-state index is 12.2. The van der Waals surface area contributed by atoms with Gasteiger partial charge < -0.3 is 14.5 Å². The number of anilines is 1. The Balaban J connectivity index is 1.55. The first kappa shape index (κ1) is 15.8. The fourth-order valence-corrected chi connectivity index (χ4v) is 3.25. The summed E-state index contributed by atoms with van der Waals surface area (Å²) in [5, 5.41) is 0. The van der Waals surface area contributed by atoms with Crippen molar-refractivity contribution in [3.8, 4) is 0 Å². The Morgan fingerprint density at radius 3 is 2.61 bits per heavy atom. The molecule has 0 saturated carbocycles. The number of aryl methyl sites for hydroxylation is 1. The first-order chi connectivity index (χ1) is 11.1. The molecule has 2 aliphatic heterocycles. The summed E-state index contributed by atoms with van der Waals surface area (Å²) in [6.07, 6.45) is -0.497. The Morgan fingerprint density at radius 1 is 1.22 bits per heavy atom. The molecule has 0 radical (unpaired) electrons. The molecule has 6 heteroatoms. The summed E-state index contributed by atoms with van der Waals surface area (Å²) in [7, 11) is 0. The molecule has 23 heavy (non-hydrogen) atoms. The quantitative estimate of drug-likeness (QED) is 0.852. The number of imide groups is 1. The van der Waals surface area contributed by atoms with E-state index in [0.29, 0.717) is 19.7 Å². The van der Waals surface area contributed by atoms with E-state index < -0.39 is 6.09 Å². The van der Waals surface area contributed by atoms with E-state index in [0.717, 1.165) is 26.2 Å². The van der Waals surface area contributed by atoms with Gasteiger partial charge in [-0.1, -0.05) is 12.1 Å². The van der Waals surface area contributed by atoms with Crippen molar-refractivity contribution < 1.29 is 19.2 Å². The third-order valence-corrected chi connectivity index (χ3v) is 4.85. The number of amides is 2. The van der Waals surface area contributed by atoms with Gasteiger partial charge in [0.05, 0.1) is 32.7 Å². The summed E-state index contributed by atoms with van der Waals surface area (Å²) in [6.45, 7) is 9.04. The molecule has 2 saturated heterocycles. The van der Waals surface area contributed by atoms with Crippen LogP contribution in [0.4, 0.5) is 10.5 Å². The molecule has 1 aromatic carbocycles. The van der Waals surface area contributed by atoms with Gasteiger partial charge in [0.15, 0.2) is 6.54 Å². The van der Waals surface area contributed by atoms with Crippen molar-refractivity contribution in [3.05, 3.63) is 29.3 Å². The number of rotatable bonds is 3. The Hall–Kier alpha value is -2.08. The zero-order valence-electron chi connectivity index (χ0n) is 13.8. The fourth-order valence-electron chi connectivity index (χ4n) is 3.25. The molecule has 2 amide bonds. The van der Waals surface area contributed by atoms with Crippen LogP contribution in [-0.4, -0.2) is 62.8 Å². The summed E-state index contributed by atoms with van der Waals surface area (Å²) < 4.78 is 4.82. The number of cyclic esters (lactones) is 1. The number of nitrogens with zero attached hydrogens (tertiary/aromatic N) is 2. The lowest BCUT2D eigenvalue weighted by Gasteiger charge is -2.34. The lowest BCUT2D eigenvalue weighted by molar-refractivity contribution is -0.892. The van der Waals surface area contributed by atoms with E-state index in [1.165, 1.54) is 26.6 Å². The van der Waals surface area contributed by atoms with E-state index in [4.69, 9.17) is 4.74 Å². The van der Waals surface area contributed by atoms with Crippen molar-refractivity contribution in [2.45, 2.75) is 13.8 Å². The van der Waals surface area contributed by atoms with E-state index in [9.17, 15) is 9.59 Å². The number of quaternary nitrogens is 1. The average molecular weight is 318 g/mol. The number of nitrogens with one attached hydrogen (secondary N) is 1. The lowest BCUT2D eigenvalue weighted by Crippen LogP contribution is -3.16. The van der Waals surface area contributed by atoms with Crippen molar-refractivity contribution >= 4 is 17.7 Å². The molecular formula is C17H24N3O3+.